The van der Waals surface area contributed by atoms with Gasteiger partial charge in [-0.1, -0.05) is 37.0 Å². The van der Waals surface area contributed by atoms with E-state index >= 15 is 0 Å². The van der Waals surface area contributed by atoms with E-state index in [4.69, 9.17) is 0 Å². The van der Waals surface area contributed by atoms with Crippen molar-refractivity contribution in [3.8, 4) is 0 Å². The summed E-state index contributed by atoms with van der Waals surface area (Å²) in [6.45, 7) is 12.1. The van der Waals surface area contributed by atoms with Gasteiger partial charge in [-0.15, -0.1) is 0 Å². The van der Waals surface area contributed by atoms with Crippen molar-refractivity contribution in [3.63, 3.8) is 0 Å². The summed E-state index contributed by atoms with van der Waals surface area (Å²) in [7, 11) is 0. The Kier molecular flexibility index (Phi) is 4.60. The van der Waals surface area contributed by atoms with Crippen LogP contribution < -0.4 is 0 Å². The fraction of sp³-hybridized carbons (Fsp3) is 0.625. The number of nitrogens with zero attached hydrogens (tertiary/aromatic N) is 2. The molecule has 3 heteroatoms. The van der Waals surface area contributed by atoms with Crippen LogP contribution in [0.2, 0.25) is 0 Å². The first kappa shape index (κ1) is 18.6. The normalized spacial score (nSPS) is 37.9. The summed E-state index contributed by atoms with van der Waals surface area (Å²) in [6.07, 6.45) is 16.9. The van der Waals surface area contributed by atoms with Crippen molar-refractivity contribution in [2.75, 3.05) is 0 Å². The number of hydrazine groups is 1. The SMILES string of the molecule is C=C\C=C/C(=C\C)C(=C\C)/N1N(C2C3CC4CC(C3)CC2C4)C(=O)C1(C)C. The molecule has 0 radical (unpaired) electrons. The Bertz CT molecular complexity index is 699. The summed E-state index contributed by atoms with van der Waals surface area (Å²) >= 11 is 0. The fourth-order valence-corrected chi connectivity index (χ4v) is 6.58. The molecule has 1 saturated heterocycles. The predicted octanol–water partition coefficient (Wildman–Crippen LogP) is 5.24. The van der Waals surface area contributed by atoms with E-state index in [2.05, 4.69) is 62.5 Å². The van der Waals surface area contributed by atoms with E-state index in [0.29, 0.717) is 23.8 Å². The van der Waals surface area contributed by atoms with Crippen LogP contribution in [-0.2, 0) is 4.79 Å². The molecule has 5 fully saturated rings. The van der Waals surface area contributed by atoms with E-state index < -0.39 is 5.54 Å². The highest BCUT2D eigenvalue weighted by molar-refractivity contribution is 5.91. The van der Waals surface area contributed by atoms with Crippen LogP contribution in [0.15, 0.2) is 48.2 Å². The Balaban J connectivity index is 1.67. The van der Waals surface area contributed by atoms with Gasteiger partial charge in [-0.2, -0.15) is 0 Å². The number of carbonyl (C=O) groups is 1. The van der Waals surface area contributed by atoms with E-state index in [1.165, 1.54) is 32.1 Å². The van der Waals surface area contributed by atoms with Crippen LogP contribution in [0.3, 0.4) is 0 Å². The van der Waals surface area contributed by atoms with Crippen molar-refractivity contribution in [3.05, 3.63) is 48.2 Å². The smallest absolute Gasteiger partial charge is 0.268 e. The number of hydrogen-bond acceptors (Lipinski definition) is 2. The molecule has 4 saturated carbocycles. The van der Waals surface area contributed by atoms with Gasteiger partial charge in [0.1, 0.15) is 5.54 Å². The largest absolute Gasteiger partial charge is 0.270 e. The second-order valence-corrected chi connectivity index (χ2v) is 9.45. The maximum atomic E-state index is 13.3. The zero-order chi connectivity index (χ0) is 19.3. The Morgan fingerprint density at radius 3 is 2.11 bits per heavy atom. The quantitative estimate of drug-likeness (QED) is 0.621. The van der Waals surface area contributed by atoms with Gasteiger partial charge in [0.2, 0.25) is 0 Å². The summed E-state index contributed by atoms with van der Waals surface area (Å²) in [5.74, 6) is 3.52. The monoisotopic (exact) mass is 366 g/mol. The molecular weight excluding hydrogens is 332 g/mol. The average Bonchev–Trinajstić information content (AvgIpc) is 2.64. The molecule has 27 heavy (non-hydrogen) atoms. The molecule has 4 bridgehead atoms. The Morgan fingerprint density at radius 2 is 1.63 bits per heavy atom. The van der Waals surface area contributed by atoms with E-state index in [-0.39, 0.29) is 0 Å². The Labute approximate surface area is 164 Å². The molecule has 3 nitrogen and oxygen atoms in total. The van der Waals surface area contributed by atoms with E-state index in [1.54, 1.807) is 6.08 Å². The summed E-state index contributed by atoms with van der Waals surface area (Å²) in [5, 5.41) is 4.46. The average molecular weight is 367 g/mol. The standard InChI is InChI=1S/C24H34N2O/c1-6-9-10-18(7-2)21(8-3)26-24(4,5)23(27)25(26)22-19-12-16-11-17(14-19)15-20(22)13-16/h6-10,16-17,19-20,22H,1,11-15H2,2-5H3/b10-9-,18-7+,21-8+. The van der Waals surface area contributed by atoms with Crippen LogP contribution in [-0.4, -0.2) is 27.5 Å². The second kappa shape index (κ2) is 6.68. The minimum absolute atomic E-state index is 0.294. The first-order valence-corrected chi connectivity index (χ1v) is 10.7. The molecule has 1 heterocycles. The summed E-state index contributed by atoms with van der Waals surface area (Å²) in [6, 6.07) is 0.398. The highest BCUT2D eigenvalue weighted by Gasteiger charge is 2.61. The number of allylic oxidation sites excluding steroid dienone is 5. The third-order valence-corrected chi connectivity index (χ3v) is 7.46. The summed E-state index contributed by atoms with van der Waals surface area (Å²) in [4.78, 5) is 13.3. The maximum Gasteiger partial charge on any atom is 0.268 e. The second-order valence-electron chi connectivity index (χ2n) is 9.45. The van der Waals surface area contributed by atoms with Gasteiger partial charge in [0, 0.05) is 0 Å². The lowest BCUT2D eigenvalue weighted by Gasteiger charge is -2.66. The van der Waals surface area contributed by atoms with Crippen LogP contribution in [0, 0.1) is 23.7 Å². The van der Waals surface area contributed by atoms with Crippen LogP contribution in [0.4, 0.5) is 0 Å². The summed E-state index contributed by atoms with van der Waals surface area (Å²) in [5.41, 5.74) is 1.80. The van der Waals surface area contributed by atoms with Gasteiger partial charge < -0.3 is 0 Å². The highest BCUT2D eigenvalue weighted by atomic mass is 16.2. The van der Waals surface area contributed by atoms with Crippen molar-refractivity contribution in [1.29, 1.82) is 0 Å². The number of amides is 1. The van der Waals surface area contributed by atoms with Crippen LogP contribution in [0.25, 0.3) is 0 Å². The Morgan fingerprint density at radius 1 is 1.04 bits per heavy atom. The Hall–Kier alpha value is -1.77. The van der Waals surface area contributed by atoms with Gasteiger partial charge in [0.15, 0.2) is 0 Å². The lowest BCUT2D eigenvalue weighted by Crippen LogP contribution is -2.79. The van der Waals surface area contributed by atoms with Gasteiger partial charge in [0.25, 0.3) is 5.91 Å². The van der Waals surface area contributed by atoms with Crippen molar-refractivity contribution >= 4 is 5.91 Å². The molecule has 0 aromatic rings. The predicted molar refractivity (Wildman–Crippen MR) is 110 cm³/mol. The first-order valence-electron chi connectivity index (χ1n) is 10.7. The molecule has 0 atom stereocenters. The number of hydrogen-bond donors (Lipinski definition) is 0. The fourth-order valence-electron chi connectivity index (χ4n) is 6.58. The minimum Gasteiger partial charge on any atom is -0.270 e. The highest BCUT2D eigenvalue weighted by Crippen LogP contribution is 2.57. The summed E-state index contributed by atoms with van der Waals surface area (Å²) < 4.78 is 0. The van der Waals surface area contributed by atoms with Crippen molar-refractivity contribution in [1.82, 2.24) is 10.0 Å². The molecule has 4 aliphatic carbocycles. The topological polar surface area (TPSA) is 23.6 Å². The van der Waals surface area contributed by atoms with Gasteiger partial charge in [-0.3, -0.25) is 9.80 Å². The molecule has 1 amide bonds. The lowest BCUT2D eigenvalue weighted by molar-refractivity contribution is -0.235. The van der Waals surface area contributed by atoms with Gasteiger partial charge in [-0.25, -0.2) is 5.01 Å². The molecule has 5 aliphatic rings. The number of carbonyl (C=O) groups excluding carboxylic acids is 1. The van der Waals surface area contributed by atoms with Crippen LogP contribution in [0.1, 0.15) is 59.8 Å². The van der Waals surface area contributed by atoms with Crippen LogP contribution in [0.5, 0.6) is 0 Å². The zero-order valence-electron chi connectivity index (χ0n) is 17.3. The molecule has 5 rings (SSSR count). The van der Waals surface area contributed by atoms with Crippen molar-refractivity contribution in [2.45, 2.75) is 71.4 Å². The van der Waals surface area contributed by atoms with Crippen LogP contribution >= 0.6 is 0 Å². The minimum atomic E-state index is -0.479. The third-order valence-electron chi connectivity index (χ3n) is 7.46. The van der Waals surface area contributed by atoms with Gasteiger partial charge >= 0.3 is 0 Å². The van der Waals surface area contributed by atoms with E-state index in [9.17, 15) is 4.79 Å². The van der Waals surface area contributed by atoms with E-state index in [0.717, 1.165) is 23.1 Å². The number of rotatable bonds is 5. The maximum absolute atomic E-state index is 13.3. The van der Waals surface area contributed by atoms with Crippen molar-refractivity contribution < 1.29 is 4.79 Å². The van der Waals surface area contributed by atoms with Crippen molar-refractivity contribution in [2.24, 2.45) is 23.7 Å². The third kappa shape index (κ3) is 2.73. The van der Waals surface area contributed by atoms with E-state index in [1.807, 2.05) is 6.08 Å². The molecule has 0 unspecified atom stereocenters. The molecule has 0 N–H and O–H groups in total. The lowest BCUT2D eigenvalue weighted by atomic mass is 9.53. The molecule has 0 aromatic heterocycles. The van der Waals surface area contributed by atoms with Gasteiger partial charge in [0.05, 0.1) is 11.7 Å². The first-order chi connectivity index (χ1) is 12.9. The zero-order valence-corrected chi connectivity index (χ0v) is 17.3. The molecule has 146 valence electrons. The molecule has 1 aliphatic heterocycles. The molecular formula is C24H34N2O. The molecule has 0 spiro atoms. The van der Waals surface area contributed by atoms with Gasteiger partial charge in [-0.05, 0) is 89.0 Å². The molecule has 0 aromatic carbocycles.